The molecule has 0 unspecified atom stereocenters. The van der Waals surface area contributed by atoms with E-state index in [2.05, 4.69) is 5.10 Å². The van der Waals surface area contributed by atoms with Crippen molar-refractivity contribution in [2.24, 2.45) is 7.05 Å². The Morgan fingerprint density at radius 1 is 1.30 bits per heavy atom. The first-order valence-corrected chi connectivity index (χ1v) is 5.34. The summed E-state index contributed by atoms with van der Waals surface area (Å²) < 4.78 is 52.0. The minimum atomic E-state index is -4.83. The molecule has 8 heteroatoms. The first-order valence-electron chi connectivity index (χ1n) is 5.34. The summed E-state index contributed by atoms with van der Waals surface area (Å²) in [5.74, 6) is -2.65. The molecule has 2 rings (SSSR count). The molecular weight excluding hydrogens is 280 g/mol. The van der Waals surface area contributed by atoms with Crippen LogP contribution in [0.25, 0.3) is 11.3 Å². The van der Waals surface area contributed by atoms with Gasteiger partial charge in [-0.2, -0.15) is 18.3 Å². The Morgan fingerprint density at radius 3 is 2.45 bits per heavy atom. The largest absolute Gasteiger partial charge is 0.477 e. The Labute approximate surface area is 110 Å². The molecule has 0 saturated heterocycles. The van der Waals surface area contributed by atoms with Gasteiger partial charge in [-0.25, -0.2) is 9.18 Å². The maximum atomic E-state index is 13.2. The molecule has 0 atom stereocenters. The summed E-state index contributed by atoms with van der Waals surface area (Å²) in [7, 11) is 1.35. The van der Waals surface area contributed by atoms with Gasteiger partial charge in [0.15, 0.2) is 0 Å². The number of carboxylic acids is 1. The fourth-order valence-electron chi connectivity index (χ4n) is 1.71. The number of aryl methyl sites for hydroxylation is 1. The first-order chi connectivity index (χ1) is 9.20. The predicted octanol–water partition coefficient (Wildman–Crippen LogP) is 2.94. The molecule has 1 aromatic heterocycles. The second-order valence-corrected chi connectivity index (χ2v) is 4.04. The molecule has 0 aliphatic heterocycles. The summed E-state index contributed by atoms with van der Waals surface area (Å²) in [4.78, 5) is 10.8. The number of nitrogens with zero attached hydrogens (tertiary/aromatic N) is 2. The standard InChI is InChI=1S/C12H8F4N2O2/c1-18-10(11(19)20)5-9(17-18)6-2-3-8(13)7(4-6)12(14,15)16/h2-5H,1H3,(H,19,20). The van der Waals surface area contributed by atoms with E-state index in [1.165, 1.54) is 7.05 Å². The number of alkyl halides is 3. The summed E-state index contributed by atoms with van der Waals surface area (Å²) >= 11 is 0. The summed E-state index contributed by atoms with van der Waals surface area (Å²) in [6.07, 6.45) is -4.83. The van der Waals surface area contributed by atoms with Crippen molar-refractivity contribution in [2.45, 2.75) is 6.18 Å². The van der Waals surface area contributed by atoms with Crippen LogP contribution in [-0.4, -0.2) is 20.9 Å². The summed E-state index contributed by atoms with van der Waals surface area (Å²) in [5, 5.41) is 12.7. The third kappa shape index (κ3) is 2.49. The molecule has 0 spiro atoms. The molecule has 0 saturated carbocycles. The molecule has 0 bridgehead atoms. The smallest absolute Gasteiger partial charge is 0.419 e. The molecule has 4 nitrogen and oxygen atoms in total. The van der Waals surface area contributed by atoms with E-state index in [9.17, 15) is 22.4 Å². The molecule has 0 aliphatic carbocycles. The van der Waals surface area contributed by atoms with Gasteiger partial charge < -0.3 is 5.11 Å². The van der Waals surface area contributed by atoms with Gasteiger partial charge in [-0.15, -0.1) is 0 Å². The number of aromatic nitrogens is 2. The van der Waals surface area contributed by atoms with Crippen LogP contribution in [0.3, 0.4) is 0 Å². The van der Waals surface area contributed by atoms with Gasteiger partial charge in [-0.3, -0.25) is 4.68 Å². The quantitative estimate of drug-likeness (QED) is 0.864. The number of hydrogen-bond acceptors (Lipinski definition) is 2. The molecule has 0 fully saturated rings. The molecule has 20 heavy (non-hydrogen) atoms. The number of carboxylic acid groups (broad SMARTS) is 1. The summed E-state index contributed by atoms with van der Waals surface area (Å²) in [5.41, 5.74) is -1.59. The van der Waals surface area contributed by atoms with E-state index in [1.54, 1.807) is 0 Å². The topological polar surface area (TPSA) is 55.1 Å². The van der Waals surface area contributed by atoms with Crippen LogP contribution in [0.15, 0.2) is 24.3 Å². The van der Waals surface area contributed by atoms with Crippen molar-refractivity contribution in [3.05, 3.63) is 41.3 Å². The fraction of sp³-hybridized carbons (Fsp3) is 0.167. The van der Waals surface area contributed by atoms with Gasteiger partial charge in [-0.05, 0) is 24.3 Å². The van der Waals surface area contributed by atoms with Gasteiger partial charge in [0.2, 0.25) is 0 Å². The van der Waals surface area contributed by atoms with Crippen LogP contribution in [0.2, 0.25) is 0 Å². The van der Waals surface area contributed by atoms with Crippen molar-refractivity contribution in [1.82, 2.24) is 9.78 Å². The van der Waals surface area contributed by atoms with E-state index in [1.807, 2.05) is 0 Å². The van der Waals surface area contributed by atoms with Gasteiger partial charge in [0, 0.05) is 12.6 Å². The Kier molecular flexibility index (Phi) is 3.24. The lowest BCUT2D eigenvalue weighted by Gasteiger charge is -2.08. The van der Waals surface area contributed by atoms with Crippen molar-refractivity contribution in [1.29, 1.82) is 0 Å². The molecule has 2 aromatic rings. The second kappa shape index (κ2) is 4.62. The zero-order valence-electron chi connectivity index (χ0n) is 10.1. The fourth-order valence-corrected chi connectivity index (χ4v) is 1.71. The minimum Gasteiger partial charge on any atom is -0.477 e. The highest BCUT2D eigenvalue weighted by molar-refractivity contribution is 5.87. The Bertz CT molecular complexity index is 677. The number of rotatable bonds is 2. The summed E-state index contributed by atoms with van der Waals surface area (Å²) in [6.45, 7) is 0. The molecule has 1 N–H and O–H groups in total. The summed E-state index contributed by atoms with van der Waals surface area (Å²) in [6, 6.07) is 3.50. The molecule has 1 aromatic carbocycles. The normalized spacial score (nSPS) is 11.7. The van der Waals surface area contributed by atoms with Crippen molar-refractivity contribution in [3.8, 4) is 11.3 Å². The highest BCUT2D eigenvalue weighted by Crippen LogP contribution is 2.34. The highest BCUT2D eigenvalue weighted by Gasteiger charge is 2.34. The Hall–Kier alpha value is -2.38. The van der Waals surface area contributed by atoms with E-state index in [0.29, 0.717) is 12.1 Å². The lowest BCUT2D eigenvalue weighted by Crippen LogP contribution is -2.08. The van der Waals surface area contributed by atoms with Crippen LogP contribution in [0, 0.1) is 5.82 Å². The number of hydrogen-bond donors (Lipinski definition) is 1. The molecule has 106 valence electrons. The number of carbonyl (C=O) groups is 1. The van der Waals surface area contributed by atoms with Crippen molar-refractivity contribution in [3.63, 3.8) is 0 Å². The number of benzene rings is 1. The minimum absolute atomic E-state index is 0.0122. The van der Waals surface area contributed by atoms with Gasteiger partial charge in [0.1, 0.15) is 11.5 Å². The van der Waals surface area contributed by atoms with Crippen LogP contribution >= 0.6 is 0 Å². The average molecular weight is 288 g/mol. The third-order valence-electron chi connectivity index (χ3n) is 2.67. The SMILES string of the molecule is Cn1nc(-c2ccc(F)c(C(F)(F)F)c2)cc1C(=O)O. The van der Waals surface area contributed by atoms with E-state index in [-0.39, 0.29) is 17.0 Å². The van der Waals surface area contributed by atoms with E-state index in [0.717, 1.165) is 16.8 Å². The van der Waals surface area contributed by atoms with Gasteiger partial charge in [0.25, 0.3) is 0 Å². The van der Waals surface area contributed by atoms with Crippen molar-refractivity contribution < 1.29 is 27.5 Å². The maximum Gasteiger partial charge on any atom is 0.419 e. The molecule has 0 aliphatic rings. The third-order valence-corrected chi connectivity index (χ3v) is 2.67. The van der Waals surface area contributed by atoms with Gasteiger partial charge in [-0.1, -0.05) is 0 Å². The molecule has 1 heterocycles. The maximum absolute atomic E-state index is 13.2. The van der Waals surface area contributed by atoms with Crippen LogP contribution in [0.5, 0.6) is 0 Å². The van der Waals surface area contributed by atoms with Gasteiger partial charge in [0.05, 0.1) is 11.3 Å². The zero-order chi connectivity index (χ0) is 15.1. The van der Waals surface area contributed by atoms with Crippen molar-refractivity contribution >= 4 is 5.97 Å². The van der Waals surface area contributed by atoms with Crippen molar-refractivity contribution in [2.75, 3.05) is 0 Å². The van der Waals surface area contributed by atoms with Crippen LogP contribution in [0.4, 0.5) is 17.6 Å². The van der Waals surface area contributed by atoms with E-state index in [4.69, 9.17) is 5.11 Å². The monoisotopic (exact) mass is 288 g/mol. The number of aromatic carboxylic acids is 1. The van der Waals surface area contributed by atoms with E-state index < -0.39 is 23.5 Å². The Morgan fingerprint density at radius 2 is 1.95 bits per heavy atom. The average Bonchev–Trinajstić information content (AvgIpc) is 2.70. The highest BCUT2D eigenvalue weighted by atomic mass is 19.4. The zero-order valence-corrected chi connectivity index (χ0v) is 10.1. The lowest BCUT2D eigenvalue weighted by atomic mass is 10.1. The predicted molar refractivity (Wildman–Crippen MR) is 60.6 cm³/mol. The van der Waals surface area contributed by atoms with Gasteiger partial charge >= 0.3 is 12.1 Å². The van der Waals surface area contributed by atoms with E-state index >= 15 is 0 Å². The van der Waals surface area contributed by atoms with Crippen LogP contribution < -0.4 is 0 Å². The Balaban J connectivity index is 2.54. The lowest BCUT2D eigenvalue weighted by molar-refractivity contribution is -0.139. The van der Waals surface area contributed by atoms with Crippen LogP contribution in [0.1, 0.15) is 16.1 Å². The van der Waals surface area contributed by atoms with Crippen LogP contribution in [-0.2, 0) is 13.2 Å². The molecule has 0 amide bonds. The molecular formula is C12H8F4N2O2. The second-order valence-electron chi connectivity index (χ2n) is 4.04. The number of halogens is 4. The first kappa shape index (κ1) is 14.0. The molecule has 0 radical (unpaired) electrons.